The second-order valence-corrected chi connectivity index (χ2v) is 4.77. The van der Waals surface area contributed by atoms with E-state index in [0.717, 1.165) is 12.8 Å². The number of benzene rings is 1. The summed E-state index contributed by atoms with van der Waals surface area (Å²) >= 11 is 2.32. The van der Waals surface area contributed by atoms with Crippen LogP contribution in [0.3, 0.4) is 0 Å². The third-order valence-electron chi connectivity index (χ3n) is 2.27. The minimum atomic E-state index is 0.164. The molecule has 0 aliphatic heterocycles. The first kappa shape index (κ1) is 12.7. The second kappa shape index (κ2) is 7.88. The Balaban J connectivity index is 2.15. The van der Waals surface area contributed by atoms with Crippen molar-refractivity contribution < 1.29 is 5.11 Å². The lowest BCUT2D eigenvalue weighted by Gasteiger charge is -2.00. The summed E-state index contributed by atoms with van der Waals surface area (Å²) in [5.74, 6) is 0. The number of aliphatic hydroxyl groups is 1. The molecule has 0 radical (unpaired) electrons. The molecule has 2 heteroatoms. The Bertz CT molecular complexity index is 290. The molecule has 0 aliphatic rings. The van der Waals surface area contributed by atoms with Gasteiger partial charge in [0.05, 0.1) is 6.61 Å². The average Bonchev–Trinajstić information content (AvgIpc) is 2.26. The number of rotatable bonds is 6. The van der Waals surface area contributed by atoms with Gasteiger partial charge in [0.15, 0.2) is 0 Å². The number of aliphatic hydroxyl groups excluding tert-OH is 1. The van der Waals surface area contributed by atoms with E-state index in [0.29, 0.717) is 0 Å². The van der Waals surface area contributed by atoms with Gasteiger partial charge in [-0.2, -0.15) is 0 Å². The van der Waals surface area contributed by atoms with Crippen LogP contribution in [0.4, 0.5) is 0 Å². The van der Waals surface area contributed by atoms with E-state index in [1.807, 2.05) is 12.2 Å². The lowest BCUT2D eigenvalue weighted by molar-refractivity contribution is 0.342. The number of halogens is 1. The van der Waals surface area contributed by atoms with Gasteiger partial charge in [0, 0.05) is 3.57 Å². The van der Waals surface area contributed by atoms with E-state index in [1.54, 1.807) is 0 Å². The summed E-state index contributed by atoms with van der Waals surface area (Å²) in [6.07, 6.45) is 8.51. The van der Waals surface area contributed by atoms with Crippen molar-refractivity contribution in [3.05, 3.63) is 45.6 Å². The van der Waals surface area contributed by atoms with Gasteiger partial charge in [-0.1, -0.05) is 24.3 Å². The Morgan fingerprint density at radius 3 is 2.47 bits per heavy atom. The number of aryl methyl sites for hydroxylation is 1. The quantitative estimate of drug-likeness (QED) is 0.483. The molecule has 1 N–H and O–H groups in total. The van der Waals surface area contributed by atoms with Crippen LogP contribution in [0.5, 0.6) is 0 Å². The molecule has 82 valence electrons. The van der Waals surface area contributed by atoms with Crippen LogP contribution in [0.1, 0.15) is 24.8 Å². The SMILES string of the molecule is OC/C=C/CCCCc1ccc(I)cc1. The summed E-state index contributed by atoms with van der Waals surface area (Å²) < 4.78 is 1.29. The van der Waals surface area contributed by atoms with E-state index in [9.17, 15) is 0 Å². The van der Waals surface area contributed by atoms with Crippen molar-refractivity contribution in [1.29, 1.82) is 0 Å². The van der Waals surface area contributed by atoms with Gasteiger partial charge < -0.3 is 5.11 Å². The van der Waals surface area contributed by atoms with Gasteiger partial charge in [-0.15, -0.1) is 0 Å². The molecule has 0 bridgehead atoms. The van der Waals surface area contributed by atoms with E-state index in [4.69, 9.17) is 5.11 Å². The van der Waals surface area contributed by atoms with Gasteiger partial charge in [-0.05, 0) is 66.0 Å². The van der Waals surface area contributed by atoms with E-state index in [-0.39, 0.29) is 6.61 Å². The average molecular weight is 316 g/mol. The lowest BCUT2D eigenvalue weighted by atomic mass is 10.1. The van der Waals surface area contributed by atoms with Crippen LogP contribution in [0.2, 0.25) is 0 Å². The summed E-state index contributed by atoms with van der Waals surface area (Å²) in [4.78, 5) is 0. The molecule has 0 saturated carbocycles. The molecule has 1 rings (SSSR count). The van der Waals surface area contributed by atoms with E-state index in [1.165, 1.54) is 22.0 Å². The van der Waals surface area contributed by atoms with Crippen LogP contribution in [-0.2, 0) is 6.42 Å². The fourth-order valence-corrected chi connectivity index (χ4v) is 1.79. The van der Waals surface area contributed by atoms with Gasteiger partial charge in [-0.3, -0.25) is 0 Å². The third-order valence-corrected chi connectivity index (χ3v) is 2.99. The number of hydrogen-bond donors (Lipinski definition) is 1. The molecule has 0 fully saturated rings. The molecule has 0 atom stereocenters. The molecular weight excluding hydrogens is 299 g/mol. The Morgan fingerprint density at radius 2 is 1.80 bits per heavy atom. The van der Waals surface area contributed by atoms with Gasteiger partial charge in [-0.25, -0.2) is 0 Å². The maximum absolute atomic E-state index is 8.54. The highest BCUT2D eigenvalue weighted by molar-refractivity contribution is 14.1. The van der Waals surface area contributed by atoms with Gasteiger partial charge in [0.25, 0.3) is 0 Å². The molecule has 15 heavy (non-hydrogen) atoms. The van der Waals surface area contributed by atoms with Crippen molar-refractivity contribution in [1.82, 2.24) is 0 Å². The molecular formula is C13H17IO. The minimum Gasteiger partial charge on any atom is -0.392 e. The number of hydrogen-bond acceptors (Lipinski definition) is 1. The van der Waals surface area contributed by atoms with Crippen molar-refractivity contribution in [2.24, 2.45) is 0 Å². The van der Waals surface area contributed by atoms with Gasteiger partial charge in [0.2, 0.25) is 0 Å². The Labute approximate surface area is 105 Å². The second-order valence-electron chi connectivity index (χ2n) is 3.53. The van der Waals surface area contributed by atoms with Crippen molar-refractivity contribution in [3.8, 4) is 0 Å². The van der Waals surface area contributed by atoms with E-state index in [2.05, 4.69) is 46.9 Å². The van der Waals surface area contributed by atoms with Crippen LogP contribution in [0.25, 0.3) is 0 Å². The Hall–Kier alpha value is -0.350. The maximum atomic E-state index is 8.54. The highest BCUT2D eigenvalue weighted by Crippen LogP contribution is 2.10. The fourth-order valence-electron chi connectivity index (χ4n) is 1.43. The van der Waals surface area contributed by atoms with Crippen LogP contribution in [0, 0.1) is 3.57 Å². The minimum absolute atomic E-state index is 0.164. The summed E-state index contributed by atoms with van der Waals surface area (Å²) in [6.45, 7) is 0.164. The fraction of sp³-hybridized carbons (Fsp3) is 0.385. The molecule has 0 aliphatic carbocycles. The van der Waals surface area contributed by atoms with Gasteiger partial charge >= 0.3 is 0 Å². The largest absolute Gasteiger partial charge is 0.392 e. The van der Waals surface area contributed by atoms with Crippen LogP contribution in [0.15, 0.2) is 36.4 Å². The van der Waals surface area contributed by atoms with Crippen molar-refractivity contribution in [2.75, 3.05) is 6.61 Å². The van der Waals surface area contributed by atoms with Gasteiger partial charge in [0.1, 0.15) is 0 Å². The monoisotopic (exact) mass is 316 g/mol. The standard InChI is InChI=1S/C13H17IO/c14-13-9-7-12(8-10-13)6-4-2-1-3-5-11-15/h3,5,7-10,15H,1-2,4,6,11H2/b5-3+. The summed E-state index contributed by atoms with van der Waals surface area (Å²) in [7, 11) is 0. The lowest BCUT2D eigenvalue weighted by Crippen LogP contribution is -1.85. The maximum Gasteiger partial charge on any atom is 0.0612 e. The van der Waals surface area contributed by atoms with E-state index >= 15 is 0 Å². The molecule has 1 nitrogen and oxygen atoms in total. The molecule has 0 heterocycles. The third kappa shape index (κ3) is 5.95. The molecule has 0 saturated heterocycles. The smallest absolute Gasteiger partial charge is 0.0612 e. The molecule has 1 aromatic rings. The Kier molecular flexibility index (Phi) is 6.68. The molecule has 0 amide bonds. The summed E-state index contributed by atoms with van der Waals surface area (Å²) in [6, 6.07) is 8.71. The number of unbranched alkanes of at least 4 members (excludes halogenated alkanes) is 2. The van der Waals surface area contributed by atoms with Crippen LogP contribution >= 0.6 is 22.6 Å². The van der Waals surface area contributed by atoms with Crippen molar-refractivity contribution in [2.45, 2.75) is 25.7 Å². The number of allylic oxidation sites excluding steroid dienone is 1. The molecule has 1 aromatic carbocycles. The first-order valence-electron chi connectivity index (χ1n) is 5.33. The zero-order valence-electron chi connectivity index (χ0n) is 8.82. The van der Waals surface area contributed by atoms with Crippen LogP contribution in [-0.4, -0.2) is 11.7 Å². The Morgan fingerprint density at radius 1 is 1.07 bits per heavy atom. The van der Waals surface area contributed by atoms with E-state index < -0.39 is 0 Å². The topological polar surface area (TPSA) is 20.2 Å². The summed E-state index contributed by atoms with van der Waals surface area (Å²) in [5.41, 5.74) is 1.42. The molecule has 0 unspecified atom stereocenters. The van der Waals surface area contributed by atoms with Crippen LogP contribution < -0.4 is 0 Å². The highest BCUT2D eigenvalue weighted by atomic mass is 127. The zero-order valence-corrected chi connectivity index (χ0v) is 11.0. The zero-order chi connectivity index (χ0) is 10.9. The normalized spacial score (nSPS) is 11.1. The summed E-state index contributed by atoms with van der Waals surface area (Å²) in [5, 5.41) is 8.54. The van der Waals surface area contributed by atoms with Crippen molar-refractivity contribution in [3.63, 3.8) is 0 Å². The molecule has 0 aromatic heterocycles. The predicted octanol–water partition coefficient (Wildman–Crippen LogP) is 3.55. The predicted molar refractivity (Wildman–Crippen MR) is 72.9 cm³/mol. The first-order chi connectivity index (χ1) is 7.33. The first-order valence-corrected chi connectivity index (χ1v) is 6.41. The van der Waals surface area contributed by atoms with Crippen molar-refractivity contribution >= 4 is 22.6 Å². The molecule has 0 spiro atoms. The highest BCUT2D eigenvalue weighted by Gasteiger charge is 1.92.